The van der Waals surface area contributed by atoms with Crippen LogP contribution in [0.2, 0.25) is 0 Å². The summed E-state index contributed by atoms with van der Waals surface area (Å²) in [6, 6.07) is 13.7. The number of hydrogen-bond acceptors (Lipinski definition) is 6. The third-order valence-electron chi connectivity index (χ3n) is 5.76. The third-order valence-corrected chi connectivity index (χ3v) is 5.76. The molecule has 7 heteroatoms. The molecule has 0 spiro atoms. The summed E-state index contributed by atoms with van der Waals surface area (Å²) in [6.07, 6.45) is 1.93. The van der Waals surface area contributed by atoms with Crippen LogP contribution in [0.15, 0.2) is 62.3 Å². The first-order chi connectivity index (χ1) is 15.0. The average Bonchev–Trinajstić information content (AvgIpc) is 3.24. The summed E-state index contributed by atoms with van der Waals surface area (Å²) in [6.45, 7) is 4.30. The molecule has 0 radical (unpaired) electrons. The van der Waals surface area contributed by atoms with Gasteiger partial charge in [0.25, 0.3) is 0 Å². The Balaban J connectivity index is 1.36. The van der Waals surface area contributed by atoms with Crippen molar-refractivity contribution in [2.75, 3.05) is 13.1 Å². The van der Waals surface area contributed by atoms with Crippen LogP contribution < -0.4 is 5.63 Å². The molecule has 0 N–H and O–H groups in total. The molecule has 1 unspecified atom stereocenters. The van der Waals surface area contributed by atoms with Crippen molar-refractivity contribution >= 4 is 11.0 Å². The van der Waals surface area contributed by atoms with E-state index in [1.165, 1.54) is 12.1 Å². The van der Waals surface area contributed by atoms with Crippen LogP contribution in [-0.4, -0.2) is 28.1 Å². The summed E-state index contributed by atoms with van der Waals surface area (Å²) in [5.41, 5.74) is 2.89. The van der Waals surface area contributed by atoms with Crippen LogP contribution in [-0.2, 0) is 6.54 Å². The zero-order valence-corrected chi connectivity index (χ0v) is 17.2. The number of halogens is 1. The van der Waals surface area contributed by atoms with Gasteiger partial charge in [-0.25, -0.2) is 9.18 Å². The molecule has 1 fully saturated rings. The quantitative estimate of drug-likeness (QED) is 0.448. The van der Waals surface area contributed by atoms with Crippen LogP contribution in [0, 0.1) is 12.7 Å². The minimum atomic E-state index is -0.335. The topological polar surface area (TPSA) is 72.4 Å². The van der Waals surface area contributed by atoms with Crippen molar-refractivity contribution in [2.45, 2.75) is 32.2 Å². The first-order valence-electron chi connectivity index (χ1n) is 10.4. The monoisotopic (exact) mass is 419 g/mol. The fraction of sp³-hybridized carbons (Fsp3) is 0.292. The summed E-state index contributed by atoms with van der Waals surface area (Å²) in [4.78, 5) is 18.9. The van der Waals surface area contributed by atoms with Crippen LogP contribution in [0.5, 0.6) is 0 Å². The Morgan fingerprint density at radius 2 is 2.10 bits per heavy atom. The molecule has 1 saturated heterocycles. The maximum atomic E-state index is 13.5. The number of aromatic nitrogens is 2. The molecular weight excluding hydrogens is 397 g/mol. The highest BCUT2D eigenvalue weighted by molar-refractivity contribution is 5.80. The van der Waals surface area contributed by atoms with Gasteiger partial charge in [-0.3, -0.25) is 4.90 Å². The lowest BCUT2D eigenvalue weighted by atomic mass is 9.97. The van der Waals surface area contributed by atoms with E-state index in [2.05, 4.69) is 15.0 Å². The van der Waals surface area contributed by atoms with Gasteiger partial charge in [0.2, 0.25) is 11.7 Å². The van der Waals surface area contributed by atoms with Crippen molar-refractivity contribution in [1.82, 2.24) is 15.0 Å². The molecule has 2 aromatic carbocycles. The van der Waals surface area contributed by atoms with Gasteiger partial charge < -0.3 is 8.94 Å². The Labute approximate surface area is 178 Å². The van der Waals surface area contributed by atoms with Gasteiger partial charge in [-0.2, -0.15) is 4.98 Å². The molecule has 2 aromatic heterocycles. The van der Waals surface area contributed by atoms with E-state index in [0.717, 1.165) is 42.4 Å². The molecule has 0 bridgehead atoms. The summed E-state index contributed by atoms with van der Waals surface area (Å²) in [5, 5.41) is 5.00. The van der Waals surface area contributed by atoms with E-state index in [4.69, 9.17) is 8.94 Å². The fourth-order valence-corrected chi connectivity index (χ4v) is 4.26. The van der Waals surface area contributed by atoms with Gasteiger partial charge in [0.15, 0.2) is 0 Å². The largest absolute Gasteiger partial charge is 0.423 e. The van der Waals surface area contributed by atoms with E-state index >= 15 is 0 Å². The molecule has 0 aliphatic carbocycles. The fourth-order valence-electron chi connectivity index (χ4n) is 4.26. The molecule has 1 atom stereocenters. The van der Waals surface area contributed by atoms with E-state index in [-0.39, 0.29) is 17.4 Å². The lowest BCUT2D eigenvalue weighted by Gasteiger charge is -2.31. The van der Waals surface area contributed by atoms with E-state index in [0.29, 0.717) is 29.4 Å². The van der Waals surface area contributed by atoms with Crippen molar-refractivity contribution < 1.29 is 13.3 Å². The lowest BCUT2D eigenvalue weighted by molar-refractivity contribution is 0.180. The van der Waals surface area contributed by atoms with E-state index in [1.807, 2.05) is 25.1 Å². The number of nitrogens with zero attached hydrogens (tertiary/aromatic N) is 3. The van der Waals surface area contributed by atoms with Crippen molar-refractivity contribution in [3.63, 3.8) is 0 Å². The van der Waals surface area contributed by atoms with Crippen molar-refractivity contribution in [3.05, 3.63) is 81.8 Å². The zero-order chi connectivity index (χ0) is 21.4. The van der Waals surface area contributed by atoms with Crippen LogP contribution >= 0.6 is 0 Å². The van der Waals surface area contributed by atoms with Crippen molar-refractivity contribution in [3.8, 4) is 11.4 Å². The summed E-state index contributed by atoms with van der Waals surface area (Å²) < 4.78 is 24.4. The Morgan fingerprint density at radius 3 is 2.97 bits per heavy atom. The number of fused-ring (bicyclic) bond motifs is 1. The number of rotatable bonds is 4. The number of benzene rings is 2. The van der Waals surface area contributed by atoms with Crippen LogP contribution in [0.3, 0.4) is 0 Å². The second-order valence-electron chi connectivity index (χ2n) is 8.13. The summed E-state index contributed by atoms with van der Waals surface area (Å²) in [5.74, 6) is 0.727. The smallest absolute Gasteiger partial charge is 0.336 e. The highest BCUT2D eigenvalue weighted by Crippen LogP contribution is 2.29. The SMILES string of the molecule is Cc1ccc2c(CN3CCCC(c4nc(-c5cccc(F)c5)no4)C3)cc(=O)oc2c1. The maximum Gasteiger partial charge on any atom is 0.336 e. The minimum Gasteiger partial charge on any atom is -0.423 e. The van der Waals surface area contributed by atoms with Gasteiger partial charge in [-0.05, 0) is 55.6 Å². The Hall–Kier alpha value is -3.32. The number of hydrogen-bond donors (Lipinski definition) is 0. The van der Waals surface area contributed by atoms with Gasteiger partial charge in [0.05, 0.1) is 5.92 Å². The molecule has 6 nitrogen and oxygen atoms in total. The molecule has 5 rings (SSSR count). The minimum absolute atomic E-state index is 0.0946. The van der Waals surface area contributed by atoms with E-state index < -0.39 is 0 Å². The molecule has 3 heterocycles. The standard InChI is InChI=1S/C24H22FN3O3/c1-15-7-8-20-18(12-22(29)30-21(20)10-15)14-28-9-3-5-17(13-28)24-26-23(27-31-24)16-4-2-6-19(25)11-16/h2,4,6-8,10-12,17H,3,5,9,13-14H2,1H3. The summed E-state index contributed by atoms with van der Waals surface area (Å²) in [7, 11) is 0. The Morgan fingerprint density at radius 1 is 1.19 bits per heavy atom. The Kier molecular flexibility index (Phi) is 5.11. The van der Waals surface area contributed by atoms with Gasteiger partial charge in [-0.1, -0.05) is 29.4 Å². The summed E-state index contributed by atoms with van der Waals surface area (Å²) >= 11 is 0. The third kappa shape index (κ3) is 4.14. The first kappa shape index (κ1) is 19.6. The van der Waals surface area contributed by atoms with Crippen molar-refractivity contribution in [2.24, 2.45) is 0 Å². The average molecular weight is 419 g/mol. The second kappa shape index (κ2) is 8.07. The predicted octanol–water partition coefficient (Wildman–Crippen LogP) is 4.67. The van der Waals surface area contributed by atoms with Gasteiger partial charge >= 0.3 is 5.63 Å². The highest BCUT2D eigenvalue weighted by atomic mass is 19.1. The maximum absolute atomic E-state index is 13.5. The lowest BCUT2D eigenvalue weighted by Crippen LogP contribution is -2.34. The van der Waals surface area contributed by atoms with Crippen LogP contribution in [0.4, 0.5) is 4.39 Å². The Bertz CT molecular complexity index is 1300. The number of piperidine rings is 1. The molecule has 4 aromatic rings. The number of aryl methyl sites for hydroxylation is 1. The van der Waals surface area contributed by atoms with Gasteiger partial charge in [0, 0.05) is 30.1 Å². The van der Waals surface area contributed by atoms with E-state index in [1.54, 1.807) is 18.2 Å². The van der Waals surface area contributed by atoms with Gasteiger partial charge in [-0.15, -0.1) is 0 Å². The van der Waals surface area contributed by atoms with Crippen molar-refractivity contribution in [1.29, 1.82) is 0 Å². The molecule has 158 valence electrons. The van der Waals surface area contributed by atoms with Crippen LogP contribution in [0.25, 0.3) is 22.4 Å². The predicted molar refractivity (Wildman–Crippen MR) is 114 cm³/mol. The van der Waals surface area contributed by atoms with Crippen LogP contribution in [0.1, 0.15) is 35.8 Å². The second-order valence-corrected chi connectivity index (χ2v) is 8.13. The van der Waals surface area contributed by atoms with E-state index in [9.17, 15) is 9.18 Å². The molecule has 1 aliphatic rings. The molecule has 0 saturated carbocycles. The molecule has 31 heavy (non-hydrogen) atoms. The molecule has 0 amide bonds. The number of likely N-dealkylation sites (tertiary alicyclic amines) is 1. The normalized spacial score (nSPS) is 17.3. The molecular formula is C24H22FN3O3. The molecule has 1 aliphatic heterocycles. The highest BCUT2D eigenvalue weighted by Gasteiger charge is 2.27. The van der Waals surface area contributed by atoms with Gasteiger partial charge in [0.1, 0.15) is 11.4 Å². The first-order valence-corrected chi connectivity index (χ1v) is 10.4. The zero-order valence-electron chi connectivity index (χ0n) is 17.2.